The Bertz CT molecular complexity index is 345. The van der Waals surface area contributed by atoms with Crippen molar-refractivity contribution in [2.24, 2.45) is 5.41 Å². The molecule has 1 aliphatic rings. The summed E-state index contributed by atoms with van der Waals surface area (Å²) in [5, 5.41) is 12.5. The molecule has 5 nitrogen and oxygen atoms in total. The molecule has 1 heterocycles. The summed E-state index contributed by atoms with van der Waals surface area (Å²) in [5.41, 5.74) is -0.0890. The number of urea groups is 1. The van der Waals surface area contributed by atoms with Gasteiger partial charge in [-0.05, 0) is 51.6 Å². The molecule has 1 rings (SSSR count). The Kier molecular flexibility index (Phi) is 7.63. The molecule has 0 spiro atoms. The molecule has 0 aromatic rings. The molecule has 1 aliphatic heterocycles. The first-order chi connectivity index (χ1) is 10.2. The maximum absolute atomic E-state index is 12.2. The van der Waals surface area contributed by atoms with Crippen molar-refractivity contribution in [1.29, 1.82) is 0 Å². The van der Waals surface area contributed by atoms with Crippen LogP contribution in [0.5, 0.6) is 0 Å². The molecule has 5 heteroatoms. The van der Waals surface area contributed by atoms with Crippen molar-refractivity contribution < 1.29 is 9.90 Å². The van der Waals surface area contributed by atoms with E-state index in [1.165, 1.54) is 25.8 Å². The number of likely N-dealkylation sites (tertiary alicyclic amines) is 1. The number of nitrogens with zero attached hydrogens (tertiary/aromatic N) is 2. The van der Waals surface area contributed by atoms with E-state index in [1.54, 1.807) is 11.8 Å². The molecule has 22 heavy (non-hydrogen) atoms. The van der Waals surface area contributed by atoms with Crippen LogP contribution < -0.4 is 5.32 Å². The van der Waals surface area contributed by atoms with Crippen molar-refractivity contribution >= 4 is 6.03 Å². The van der Waals surface area contributed by atoms with E-state index in [2.05, 4.69) is 31.1 Å². The Morgan fingerprint density at radius 1 is 1.45 bits per heavy atom. The van der Waals surface area contributed by atoms with Crippen LogP contribution in [0.3, 0.4) is 0 Å². The van der Waals surface area contributed by atoms with Gasteiger partial charge in [-0.25, -0.2) is 4.79 Å². The molecule has 0 bridgehead atoms. The number of nitrogens with one attached hydrogen (secondary N) is 1. The van der Waals surface area contributed by atoms with Gasteiger partial charge in [0.1, 0.15) is 0 Å². The average Bonchev–Trinajstić information content (AvgIpc) is 2.42. The first-order valence-electron chi connectivity index (χ1n) is 8.58. The number of aliphatic hydroxyl groups is 1. The molecule has 2 amide bonds. The fourth-order valence-electron chi connectivity index (χ4n) is 3.27. The Morgan fingerprint density at radius 3 is 2.73 bits per heavy atom. The summed E-state index contributed by atoms with van der Waals surface area (Å²) >= 11 is 0. The van der Waals surface area contributed by atoms with E-state index >= 15 is 0 Å². The van der Waals surface area contributed by atoms with Crippen LogP contribution in [0.2, 0.25) is 0 Å². The van der Waals surface area contributed by atoms with Crippen LogP contribution >= 0.6 is 0 Å². The zero-order chi connectivity index (χ0) is 16.8. The van der Waals surface area contributed by atoms with Crippen LogP contribution in [0.15, 0.2) is 0 Å². The van der Waals surface area contributed by atoms with E-state index in [9.17, 15) is 9.90 Å². The summed E-state index contributed by atoms with van der Waals surface area (Å²) in [4.78, 5) is 16.4. The Balaban J connectivity index is 2.29. The summed E-state index contributed by atoms with van der Waals surface area (Å²) in [6.07, 6.45) is 5.22. The maximum Gasteiger partial charge on any atom is 0.317 e. The van der Waals surface area contributed by atoms with Gasteiger partial charge >= 0.3 is 6.03 Å². The highest BCUT2D eigenvalue weighted by Crippen LogP contribution is 2.21. The van der Waals surface area contributed by atoms with Gasteiger partial charge in [0.25, 0.3) is 0 Å². The second-order valence-corrected chi connectivity index (χ2v) is 7.72. The third-order valence-electron chi connectivity index (χ3n) is 4.63. The van der Waals surface area contributed by atoms with Crippen molar-refractivity contribution in [3.8, 4) is 0 Å². The molecule has 1 fully saturated rings. The van der Waals surface area contributed by atoms with Crippen molar-refractivity contribution in [3.05, 3.63) is 0 Å². The summed E-state index contributed by atoms with van der Waals surface area (Å²) in [5.74, 6) is 0. The Labute approximate surface area is 136 Å². The second kappa shape index (κ2) is 8.73. The Hall–Kier alpha value is -0.810. The number of carbonyl (C=O) groups excluding carboxylic acids is 1. The second-order valence-electron chi connectivity index (χ2n) is 7.72. The molecule has 2 atom stereocenters. The van der Waals surface area contributed by atoms with E-state index in [-0.39, 0.29) is 17.6 Å². The highest BCUT2D eigenvalue weighted by Gasteiger charge is 2.23. The predicted octanol–water partition coefficient (Wildman–Crippen LogP) is 2.30. The van der Waals surface area contributed by atoms with Gasteiger partial charge < -0.3 is 20.2 Å². The largest absolute Gasteiger partial charge is 0.393 e. The van der Waals surface area contributed by atoms with Crippen LogP contribution in [0, 0.1) is 5.41 Å². The third kappa shape index (κ3) is 6.97. The van der Waals surface area contributed by atoms with E-state index in [1.807, 2.05) is 7.05 Å². The van der Waals surface area contributed by atoms with E-state index in [0.29, 0.717) is 19.0 Å². The number of aliphatic hydroxyl groups excluding tert-OH is 1. The van der Waals surface area contributed by atoms with Crippen LogP contribution in [0.25, 0.3) is 0 Å². The van der Waals surface area contributed by atoms with Crippen molar-refractivity contribution in [1.82, 2.24) is 15.1 Å². The normalized spacial score (nSPS) is 21.5. The first kappa shape index (κ1) is 19.2. The minimum atomic E-state index is -0.341. The Morgan fingerprint density at radius 2 is 2.14 bits per heavy atom. The molecule has 0 aromatic heterocycles. The molecule has 130 valence electrons. The number of amides is 2. The van der Waals surface area contributed by atoms with Crippen molar-refractivity contribution in [2.45, 2.75) is 65.0 Å². The van der Waals surface area contributed by atoms with Gasteiger partial charge in [0.05, 0.1) is 6.10 Å². The highest BCUT2D eigenvalue weighted by atomic mass is 16.3. The number of piperidine rings is 1. The van der Waals surface area contributed by atoms with Gasteiger partial charge in [0, 0.05) is 26.2 Å². The summed E-state index contributed by atoms with van der Waals surface area (Å²) in [7, 11) is 4.04. The van der Waals surface area contributed by atoms with E-state index < -0.39 is 0 Å². The topological polar surface area (TPSA) is 55.8 Å². The van der Waals surface area contributed by atoms with Crippen LogP contribution in [-0.4, -0.2) is 66.8 Å². The minimum absolute atomic E-state index is 0.0165. The SMILES string of the molecule is CC(O)CC(C)(C)CNC(=O)N(C)CCC1CCCCN1C. The number of hydrogen-bond acceptors (Lipinski definition) is 3. The third-order valence-corrected chi connectivity index (χ3v) is 4.63. The lowest BCUT2D eigenvalue weighted by Gasteiger charge is -2.34. The summed E-state index contributed by atoms with van der Waals surface area (Å²) < 4.78 is 0. The lowest BCUT2D eigenvalue weighted by atomic mass is 9.87. The zero-order valence-corrected chi connectivity index (χ0v) is 15.1. The molecule has 2 N–H and O–H groups in total. The molecular formula is C17H35N3O2. The molecule has 2 unspecified atom stereocenters. The molecule has 0 radical (unpaired) electrons. The van der Waals surface area contributed by atoms with Gasteiger partial charge in [-0.15, -0.1) is 0 Å². The number of carbonyl (C=O) groups is 1. The van der Waals surface area contributed by atoms with E-state index in [4.69, 9.17) is 0 Å². The average molecular weight is 313 g/mol. The van der Waals surface area contributed by atoms with Gasteiger partial charge in [-0.1, -0.05) is 20.3 Å². The van der Waals surface area contributed by atoms with E-state index in [0.717, 1.165) is 13.0 Å². The van der Waals surface area contributed by atoms with Crippen molar-refractivity contribution in [3.63, 3.8) is 0 Å². The highest BCUT2D eigenvalue weighted by molar-refractivity contribution is 5.73. The first-order valence-corrected chi connectivity index (χ1v) is 8.58. The smallest absolute Gasteiger partial charge is 0.317 e. The summed E-state index contributed by atoms with van der Waals surface area (Å²) in [6, 6.07) is 0.591. The van der Waals surface area contributed by atoms with Crippen LogP contribution in [0.1, 0.15) is 52.9 Å². The van der Waals surface area contributed by atoms with Gasteiger partial charge in [-0.3, -0.25) is 0 Å². The lowest BCUT2D eigenvalue weighted by molar-refractivity contribution is 0.126. The zero-order valence-electron chi connectivity index (χ0n) is 15.1. The monoisotopic (exact) mass is 313 g/mol. The predicted molar refractivity (Wildman–Crippen MR) is 91.0 cm³/mol. The van der Waals surface area contributed by atoms with Gasteiger partial charge in [0.15, 0.2) is 0 Å². The van der Waals surface area contributed by atoms with Crippen LogP contribution in [-0.2, 0) is 0 Å². The van der Waals surface area contributed by atoms with Gasteiger partial charge in [-0.2, -0.15) is 0 Å². The molecule has 1 saturated heterocycles. The molecule has 0 saturated carbocycles. The fraction of sp³-hybridized carbons (Fsp3) is 0.941. The fourth-order valence-corrected chi connectivity index (χ4v) is 3.27. The standard InChI is InChI=1S/C17H35N3O2/c1-14(21)12-17(2,3)13-18-16(22)20(5)11-9-15-8-6-7-10-19(15)4/h14-15,21H,6-13H2,1-5H3,(H,18,22). The quantitative estimate of drug-likeness (QED) is 0.758. The minimum Gasteiger partial charge on any atom is -0.393 e. The van der Waals surface area contributed by atoms with Gasteiger partial charge in [0.2, 0.25) is 0 Å². The number of rotatable bonds is 7. The molecule has 0 aliphatic carbocycles. The maximum atomic E-state index is 12.2. The van der Waals surface area contributed by atoms with Crippen LogP contribution in [0.4, 0.5) is 4.79 Å². The number of hydrogen-bond donors (Lipinski definition) is 2. The molecule has 0 aromatic carbocycles. The lowest BCUT2D eigenvalue weighted by Crippen LogP contribution is -2.44. The summed E-state index contributed by atoms with van der Waals surface area (Å²) in [6.45, 7) is 8.47. The molecular weight excluding hydrogens is 278 g/mol. The van der Waals surface area contributed by atoms with Crippen molar-refractivity contribution in [2.75, 3.05) is 33.7 Å².